The van der Waals surface area contributed by atoms with E-state index in [9.17, 15) is 0 Å². The average Bonchev–Trinajstić information content (AvgIpc) is 2.60. The minimum atomic E-state index is 0.278. The quantitative estimate of drug-likeness (QED) is 0.888. The van der Waals surface area contributed by atoms with Crippen molar-refractivity contribution >= 4 is 0 Å². The van der Waals surface area contributed by atoms with Crippen LogP contribution in [0.2, 0.25) is 0 Å². The van der Waals surface area contributed by atoms with E-state index in [-0.39, 0.29) is 6.04 Å². The van der Waals surface area contributed by atoms with Crippen molar-refractivity contribution in [3.05, 3.63) is 35.4 Å². The van der Waals surface area contributed by atoms with Crippen LogP contribution in [0.25, 0.3) is 0 Å². The first-order valence-corrected chi connectivity index (χ1v) is 7.35. The molecule has 0 amide bonds. The summed E-state index contributed by atoms with van der Waals surface area (Å²) in [5.41, 5.74) is 9.37. The molecule has 1 heterocycles. The van der Waals surface area contributed by atoms with E-state index in [1.165, 1.54) is 30.5 Å². The molecule has 2 N–H and O–H groups in total. The fourth-order valence-electron chi connectivity index (χ4n) is 3.19. The number of likely N-dealkylation sites (N-methyl/N-ethyl adjacent to an activating group) is 1. The van der Waals surface area contributed by atoms with Crippen LogP contribution in [0, 0.1) is 0 Å². The number of nitrogens with two attached hydrogens (primary N) is 1. The topological polar surface area (TPSA) is 29.3 Å². The molecule has 0 aromatic heterocycles. The molecule has 100 valence electrons. The van der Waals surface area contributed by atoms with Gasteiger partial charge in [-0.1, -0.05) is 44.5 Å². The first-order valence-electron chi connectivity index (χ1n) is 7.35. The summed E-state index contributed by atoms with van der Waals surface area (Å²) in [6.45, 7) is 6.76. The molecule has 0 spiro atoms. The third-order valence-corrected chi connectivity index (χ3v) is 4.19. The minimum absolute atomic E-state index is 0.278. The Kier molecular flexibility index (Phi) is 4.79. The smallest absolute Gasteiger partial charge is 0.0501 e. The van der Waals surface area contributed by atoms with Crippen LogP contribution in [0.1, 0.15) is 50.3 Å². The van der Waals surface area contributed by atoms with Crippen molar-refractivity contribution in [1.82, 2.24) is 4.90 Å². The number of benzene rings is 1. The molecular formula is C16H26N2. The van der Waals surface area contributed by atoms with E-state index in [2.05, 4.69) is 43.0 Å². The van der Waals surface area contributed by atoms with Crippen molar-refractivity contribution < 1.29 is 0 Å². The highest BCUT2D eigenvalue weighted by Crippen LogP contribution is 2.31. The fourth-order valence-corrected chi connectivity index (χ4v) is 3.19. The first kappa shape index (κ1) is 13.6. The lowest BCUT2D eigenvalue weighted by Gasteiger charge is -2.34. The van der Waals surface area contributed by atoms with Gasteiger partial charge < -0.3 is 5.73 Å². The van der Waals surface area contributed by atoms with Crippen molar-refractivity contribution in [3.63, 3.8) is 0 Å². The van der Waals surface area contributed by atoms with E-state index in [0.29, 0.717) is 6.04 Å². The van der Waals surface area contributed by atoms with Gasteiger partial charge in [-0.05, 0) is 43.5 Å². The minimum Gasteiger partial charge on any atom is -0.326 e. The zero-order chi connectivity index (χ0) is 13.0. The summed E-state index contributed by atoms with van der Waals surface area (Å²) in [4.78, 5) is 2.56. The van der Waals surface area contributed by atoms with Crippen LogP contribution in [0.4, 0.5) is 0 Å². The van der Waals surface area contributed by atoms with Crippen molar-refractivity contribution in [2.75, 3.05) is 13.1 Å². The Morgan fingerprint density at radius 3 is 2.72 bits per heavy atom. The maximum absolute atomic E-state index is 6.46. The van der Waals surface area contributed by atoms with Gasteiger partial charge in [0.15, 0.2) is 0 Å². The van der Waals surface area contributed by atoms with Crippen LogP contribution in [0.5, 0.6) is 0 Å². The van der Waals surface area contributed by atoms with Gasteiger partial charge in [0.2, 0.25) is 0 Å². The number of aryl methyl sites for hydroxylation is 1. The molecule has 0 saturated carbocycles. The lowest BCUT2D eigenvalue weighted by Crippen LogP contribution is -2.40. The van der Waals surface area contributed by atoms with Gasteiger partial charge in [0.05, 0.1) is 6.04 Å². The molecule has 2 rings (SSSR count). The summed E-state index contributed by atoms with van der Waals surface area (Å²) in [6.07, 6.45) is 4.80. The van der Waals surface area contributed by atoms with Crippen molar-refractivity contribution in [2.24, 2.45) is 5.73 Å². The number of hydrogen-bond acceptors (Lipinski definition) is 2. The Morgan fingerprint density at radius 2 is 2.00 bits per heavy atom. The molecule has 0 bridgehead atoms. The van der Waals surface area contributed by atoms with E-state index in [0.717, 1.165) is 19.4 Å². The highest BCUT2D eigenvalue weighted by molar-refractivity contribution is 5.31. The van der Waals surface area contributed by atoms with E-state index >= 15 is 0 Å². The Hall–Kier alpha value is -0.860. The molecule has 1 aromatic rings. The largest absolute Gasteiger partial charge is 0.326 e. The van der Waals surface area contributed by atoms with Crippen LogP contribution in [-0.2, 0) is 6.42 Å². The van der Waals surface area contributed by atoms with Crippen LogP contribution in [0.3, 0.4) is 0 Å². The number of rotatable bonds is 3. The summed E-state index contributed by atoms with van der Waals surface area (Å²) >= 11 is 0. The second kappa shape index (κ2) is 6.35. The fraction of sp³-hybridized carbons (Fsp3) is 0.625. The summed E-state index contributed by atoms with van der Waals surface area (Å²) < 4.78 is 0. The summed E-state index contributed by atoms with van der Waals surface area (Å²) in [5, 5.41) is 0. The van der Waals surface area contributed by atoms with Crippen molar-refractivity contribution in [2.45, 2.75) is 51.6 Å². The zero-order valence-electron chi connectivity index (χ0n) is 11.7. The van der Waals surface area contributed by atoms with Gasteiger partial charge in [0.25, 0.3) is 0 Å². The maximum Gasteiger partial charge on any atom is 0.0501 e. The van der Waals surface area contributed by atoms with Crippen LogP contribution < -0.4 is 5.73 Å². The molecule has 18 heavy (non-hydrogen) atoms. The van der Waals surface area contributed by atoms with E-state index < -0.39 is 0 Å². The monoisotopic (exact) mass is 246 g/mol. The van der Waals surface area contributed by atoms with Gasteiger partial charge in [-0.2, -0.15) is 0 Å². The molecule has 0 aliphatic carbocycles. The Morgan fingerprint density at radius 1 is 1.22 bits per heavy atom. The average molecular weight is 246 g/mol. The highest BCUT2D eigenvalue weighted by Gasteiger charge is 2.28. The van der Waals surface area contributed by atoms with Gasteiger partial charge in [0.1, 0.15) is 0 Å². The number of hydrogen-bond donors (Lipinski definition) is 1. The number of likely N-dealkylation sites (tertiary alicyclic amines) is 1. The molecule has 2 heteroatoms. The van der Waals surface area contributed by atoms with Crippen LogP contribution in [0.15, 0.2) is 24.3 Å². The zero-order valence-corrected chi connectivity index (χ0v) is 11.7. The maximum atomic E-state index is 6.46. The van der Waals surface area contributed by atoms with Gasteiger partial charge in [-0.3, -0.25) is 4.90 Å². The summed E-state index contributed by atoms with van der Waals surface area (Å²) in [6, 6.07) is 9.51. The molecule has 1 aromatic carbocycles. The molecule has 1 aliphatic rings. The Balaban J connectivity index is 2.36. The Bertz CT molecular complexity index is 375. The molecule has 1 aliphatic heterocycles. The van der Waals surface area contributed by atoms with Crippen LogP contribution >= 0.6 is 0 Å². The molecular weight excluding hydrogens is 220 g/mol. The highest BCUT2D eigenvalue weighted by atomic mass is 15.2. The van der Waals surface area contributed by atoms with E-state index in [1.807, 2.05) is 0 Å². The number of nitrogens with zero attached hydrogens (tertiary/aromatic N) is 1. The SMILES string of the molecule is CCc1ccccc1C1C(N)CCCCN1CC. The first-order chi connectivity index (χ1) is 8.77. The molecule has 1 saturated heterocycles. The lowest BCUT2D eigenvalue weighted by atomic mass is 9.91. The second-order valence-electron chi connectivity index (χ2n) is 5.29. The molecule has 2 unspecified atom stereocenters. The third kappa shape index (κ3) is 2.76. The van der Waals surface area contributed by atoms with Gasteiger partial charge in [-0.25, -0.2) is 0 Å². The van der Waals surface area contributed by atoms with E-state index in [1.54, 1.807) is 0 Å². The molecule has 0 radical (unpaired) electrons. The third-order valence-electron chi connectivity index (χ3n) is 4.19. The summed E-state index contributed by atoms with van der Waals surface area (Å²) in [7, 11) is 0. The predicted octanol–water partition coefficient (Wildman–Crippen LogP) is 3.12. The standard InChI is InChI=1S/C16H26N2/c1-3-13-9-5-6-10-14(13)16-15(17)11-7-8-12-18(16)4-2/h5-6,9-10,15-16H,3-4,7-8,11-12,17H2,1-2H3. The Labute approximate surface area is 111 Å². The molecule has 2 atom stereocenters. The lowest BCUT2D eigenvalue weighted by molar-refractivity contribution is 0.194. The van der Waals surface area contributed by atoms with E-state index in [4.69, 9.17) is 5.73 Å². The van der Waals surface area contributed by atoms with Gasteiger partial charge >= 0.3 is 0 Å². The molecule has 2 nitrogen and oxygen atoms in total. The normalized spacial score (nSPS) is 25.9. The van der Waals surface area contributed by atoms with Crippen molar-refractivity contribution in [1.29, 1.82) is 0 Å². The van der Waals surface area contributed by atoms with Crippen molar-refractivity contribution in [3.8, 4) is 0 Å². The van der Waals surface area contributed by atoms with Gasteiger partial charge in [-0.15, -0.1) is 0 Å². The second-order valence-corrected chi connectivity index (χ2v) is 5.29. The predicted molar refractivity (Wildman–Crippen MR) is 77.6 cm³/mol. The van der Waals surface area contributed by atoms with Gasteiger partial charge in [0, 0.05) is 6.04 Å². The molecule has 1 fully saturated rings. The summed E-state index contributed by atoms with van der Waals surface area (Å²) in [5.74, 6) is 0. The van der Waals surface area contributed by atoms with Crippen LogP contribution in [-0.4, -0.2) is 24.0 Å².